The highest BCUT2D eigenvalue weighted by atomic mass is 16.6. The maximum absolute atomic E-state index is 13.0. The predicted octanol–water partition coefficient (Wildman–Crippen LogP) is 1.27. The molecule has 2 saturated carbocycles. The van der Waals surface area contributed by atoms with E-state index in [2.05, 4.69) is 0 Å². The molecule has 0 amide bonds. The van der Waals surface area contributed by atoms with E-state index >= 15 is 0 Å². The Balaban J connectivity index is 1.52. The number of furan rings is 1. The van der Waals surface area contributed by atoms with E-state index in [0.717, 1.165) is 0 Å². The Morgan fingerprint density at radius 1 is 1.07 bits per heavy atom. The summed E-state index contributed by atoms with van der Waals surface area (Å²) in [6.07, 6.45) is 3.67. The highest BCUT2D eigenvalue weighted by Gasteiger charge is 2.79. The average Bonchev–Trinajstić information content (AvgIpc) is 3.30. The molecule has 0 aromatic carbocycles. The third kappa shape index (κ3) is 1.65. The Kier molecular flexibility index (Phi) is 2.95. The Morgan fingerprint density at radius 3 is 2.71 bits per heavy atom. The van der Waals surface area contributed by atoms with Gasteiger partial charge < -0.3 is 23.7 Å². The number of fused-ring (bicyclic) bond motifs is 2. The number of ether oxygens (including phenoxy) is 3. The van der Waals surface area contributed by atoms with E-state index in [1.54, 1.807) is 6.07 Å². The minimum atomic E-state index is -1.75. The molecule has 6 rings (SSSR count). The molecule has 0 radical (unpaired) electrons. The fraction of sp³-hybridized carbons (Fsp3) is 0.650. The van der Waals surface area contributed by atoms with E-state index in [4.69, 9.17) is 18.6 Å². The van der Waals surface area contributed by atoms with E-state index in [0.29, 0.717) is 24.8 Å². The number of rotatable bonds is 1. The van der Waals surface area contributed by atoms with Gasteiger partial charge in [-0.15, -0.1) is 0 Å². The molecule has 7 atom stereocenters. The topological polar surface area (TPSA) is 112 Å². The largest absolute Gasteiger partial charge is 0.472 e. The number of hydrogen-bond donors (Lipinski definition) is 1. The van der Waals surface area contributed by atoms with Gasteiger partial charge in [-0.3, -0.25) is 9.59 Å². The van der Waals surface area contributed by atoms with Crippen LogP contribution in [0.2, 0.25) is 0 Å². The summed E-state index contributed by atoms with van der Waals surface area (Å²) >= 11 is 0. The molecule has 148 valence electrons. The Labute approximate surface area is 160 Å². The maximum atomic E-state index is 13.0. The minimum absolute atomic E-state index is 0.0637. The van der Waals surface area contributed by atoms with Crippen molar-refractivity contribution < 1.29 is 38.1 Å². The van der Waals surface area contributed by atoms with Gasteiger partial charge in [0.05, 0.1) is 29.3 Å². The normalized spacial score (nSPS) is 48.8. The predicted molar refractivity (Wildman–Crippen MR) is 88.3 cm³/mol. The molecule has 1 aromatic heterocycles. The molecule has 1 spiro atoms. The zero-order chi connectivity index (χ0) is 19.3. The third-order valence-electron chi connectivity index (χ3n) is 8.09. The van der Waals surface area contributed by atoms with Crippen LogP contribution in [0.25, 0.3) is 0 Å². The monoisotopic (exact) mass is 388 g/mol. The highest BCUT2D eigenvalue weighted by molar-refractivity contribution is 5.90. The molecule has 3 aliphatic heterocycles. The molecule has 4 bridgehead atoms. The van der Waals surface area contributed by atoms with Crippen LogP contribution in [0, 0.1) is 22.7 Å². The van der Waals surface area contributed by atoms with Crippen LogP contribution in [0.5, 0.6) is 0 Å². The first-order valence-corrected chi connectivity index (χ1v) is 9.74. The molecule has 5 aliphatic rings. The van der Waals surface area contributed by atoms with Crippen LogP contribution in [0.15, 0.2) is 23.0 Å². The van der Waals surface area contributed by atoms with Crippen molar-refractivity contribution in [3.05, 3.63) is 24.2 Å². The zero-order valence-electron chi connectivity index (χ0n) is 15.1. The van der Waals surface area contributed by atoms with Crippen molar-refractivity contribution in [2.45, 2.75) is 49.9 Å². The van der Waals surface area contributed by atoms with Crippen molar-refractivity contribution in [1.82, 2.24) is 0 Å². The van der Waals surface area contributed by atoms with Crippen LogP contribution in [0.1, 0.15) is 43.8 Å². The smallest absolute Gasteiger partial charge is 0.339 e. The van der Waals surface area contributed by atoms with Crippen LogP contribution in [-0.4, -0.2) is 41.3 Å². The number of hydrogen-bond acceptors (Lipinski definition) is 8. The second-order valence-corrected chi connectivity index (χ2v) is 8.92. The van der Waals surface area contributed by atoms with Gasteiger partial charge in [0.25, 0.3) is 0 Å². The van der Waals surface area contributed by atoms with E-state index in [-0.39, 0.29) is 37.4 Å². The van der Waals surface area contributed by atoms with Gasteiger partial charge in [0.15, 0.2) is 5.60 Å². The van der Waals surface area contributed by atoms with Gasteiger partial charge in [0.1, 0.15) is 18.8 Å². The fourth-order valence-electron chi connectivity index (χ4n) is 6.78. The van der Waals surface area contributed by atoms with Crippen LogP contribution < -0.4 is 0 Å². The van der Waals surface area contributed by atoms with Gasteiger partial charge in [-0.1, -0.05) is 0 Å². The molecule has 1 N–H and O–H groups in total. The van der Waals surface area contributed by atoms with Crippen molar-refractivity contribution in [3.63, 3.8) is 0 Å². The quantitative estimate of drug-likeness (QED) is 0.565. The lowest BCUT2D eigenvalue weighted by atomic mass is 9.40. The Bertz CT molecular complexity index is 892. The number of cyclic esters (lactones) is 2. The summed E-state index contributed by atoms with van der Waals surface area (Å²) in [7, 11) is 0. The molecular weight excluding hydrogens is 368 g/mol. The lowest BCUT2D eigenvalue weighted by Gasteiger charge is -2.65. The first kappa shape index (κ1) is 16.6. The molecule has 0 unspecified atom stereocenters. The molecular formula is C20H20O8. The van der Waals surface area contributed by atoms with E-state index in [1.165, 1.54) is 12.5 Å². The highest BCUT2D eigenvalue weighted by Crippen LogP contribution is 2.70. The number of esters is 3. The molecule has 3 saturated heterocycles. The minimum Gasteiger partial charge on any atom is -0.472 e. The first-order chi connectivity index (χ1) is 13.4. The number of aliphatic hydroxyl groups is 1. The fourth-order valence-corrected chi connectivity index (χ4v) is 6.78. The van der Waals surface area contributed by atoms with Crippen LogP contribution in [-0.2, 0) is 28.6 Å². The summed E-state index contributed by atoms with van der Waals surface area (Å²) in [6, 6.07) is 1.72. The van der Waals surface area contributed by atoms with Gasteiger partial charge in [-0.2, -0.15) is 0 Å². The summed E-state index contributed by atoms with van der Waals surface area (Å²) in [5.41, 5.74) is -3.10. The standard InChI is InChI=1S/C20H20O8/c21-15-12-5-11(27-15)6-14-18-7-13(10-1-4-25-8-10)28-17(23)20(18,24)3-2-19(12,14)16(22)26-9-18/h1,4,8,11-14,24H,2-3,5-7,9H2/t11-,12-,13+,14+,18+,19+,20-/m1/s1. The Morgan fingerprint density at radius 2 is 1.93 bits per heavy atom. The number of carbonyl (C=O) groups is 3. The maximum Gasteiger partial charge on any atom is 0.339 e. The summed E-state index contributed by atoms with van der Waals surface area (Å²) < 4.78 is 21.8. The molecule has 8 nitrogen and oxygen atoms in total. The van der Waals surface area contributed by atoms with Gasteiger partial charge in [-0.05, 0) is 37.7 Å². The Hall–Kier alpha value is -2.35. The van der Waals surface area contributed by atoms with Crippen molar-refractivity contribution >= 4 is 17.9 Å². The second-order valence-electron chi connectivity index (χ2n) is 8.92. The van der Waals surface area contributed by atoms with Crippen molar-refractivity contribution in [2.24, 2.45) is 22.7 Å². The van der Waals surface area contributed by atoms with Gasteiger partial charge in [0.2, 0.25) is 0 Å². The van der Waals surface area contributed by atoms with Gasteiger partial charge in [-0.25, -0.2) is 4.79 Å². The summed E-state index contributed by atoms with van der Waals surface area (Å²) in [5, 5.41) is 11.5. The van der Waals surface area contributed by atoms with Crippen LogP contribution in [0.4, 0.5) is 0 Å². The summed E-state index contributed by atoms with van der Waals surface area (Å²) in [6.45, 7) is -0.0637. The first-order valence-electron chi connectivity index (χ1n) is 9.74. The summed E-state index contributed by atoms with van der Waals surface area (Å²) in [5.74, 6) is -2.40. The second kappa shape index (κ2) is 4.97. The molecule has 28 heavy (non-hydrogen) atoms. The number of carbonyl (C=O) groups excluding carboxylic acids is 3. The lowest BCUT2D eigenvalue weighted by molar-refractivity contribution is -0.289. The lowest BCUT2D eigenvalue weighted by Crippen LogP contribution is -2.75. The molecule has 5 fully saturated rings. The van der Waals surface area contributed by atoms with E-state index in [9.17, 15) is 19.5 Å². The van der Waals surface area contributed by atoms with Gasteiger partial charge >= 0.3 is 17.9 Å². The molecule has 2 aliphatic carbocycles. The van der Waals surface area contributed by atoms with Crippen molar-refractivity contribution in [1.29, 1.82) is 0 Å². The SMILES string of the molecule is O=C1O[C@@H]2C[C@H]1[C@]13CC[C@@]4(O)C(=O)O[C@H](c5ccoc5)C[C@]4(COC1=O)[C@@H]3C2. The third-order valence-corrected chi connectivity index (χ3v) is 8.09. The van der Waals surface area contributed by atoms with Gasteiger partial charge in [0, 0.05) is 12.0 Å². The van der Waals surface area contributed by atoms with Crippen molar-refractivity contribution in [2.75, 3.05) is 6.61 Å². The van der Waals surface area contributed by atoms with Crippen LogP contribution >= 0.6 is 0 Å². The van der Waals surface area contributed by atoms with Crippen molar-refractivity contribution in [3.8, 4) is 0 Å². The summed E-state index contributed by atoms with van der Waals surface area (Å²) in [4.78, 5) is 38.5. The van der Waals surface area contributed by atoms with E-state index in [1.807, 2.05) is 0 Å². The average molecular weight is 388 g/mol. The van der Waals surface area contributed by atoms with Crippen LogP contribution in [0.3, 0.4) is 0 Å². The molecule has 4 heterocycles. The molecule has 8 heteroatoms. The van der Waals surface area contributed by atoms with E-state index < -0.39 is 40.4 Å². The molecule has 1 aromatic rings. The zero-order valence-corrected chi connectivity index (χ0v) is 15.1.